The van der Waals surface area contributed by atoms with Gasteiger partial charge in [-0.15, -0.1) is 11.3 Å². The molecular weight excluding hydrogens is 384 g/mol. The van der Waals surface area contributed by atoms with E-state index in [1.807, 2.05) is 42.5 Å². The van der Waals surface area contributed by atoms with Gasteiger partial charge in [-0.1, -0.05) is 30.3 Å². The molecule has 7 heteroatoms. The molecule has 0 saturated carbocycles. The zero-order valence-corrected chi connectivity index (χ0v) is 16.7. The van der Waals surface area contributed by atoms with Crippen molar-refractivity contribution < 1.29 is 9.53 Å². The Balaban J connectivity index is 1.43. The number of thiophene rings is 1. The number of aromatic nitrogens is 2. The molecule has 6 nitrogen and oxygen atoms in total. The van der Waals surface area contributed by atoms with Crippen molar-refractivity contribution >= 4 is 39.0 Å². The molecule has 2 N–H and O–H groups in total. The summed E-state index contributed by atoms with van der Waals surface area (Å²) in [5.41, 5.74) is 2.95. The number of rotatable bonds is 7. The third-order valence-corrected chi connectivity index (χ3v) is 5.36. The summed E-state index contributed by atoms with van der Waals surface area (Å²) in [5, 5.41) is 9.26. The van der Waals surface area contributed by atoms with Crippen molar-refractivity contribution in [2.75, 3.05) is 24.3 Å². The Morgan fingerprint density at radius 2 is 1.86 bits per heavy atom. The van der Waals surface area contributed by atoms with E-state index in [0.29, 0.717) is 13.0 Å². The highest BCUT2D eigenvalue weighted by Gasteiger charge is 2.13. The highest BCUT2D eigenvalue weighted by molar-refractivity contribution is 7.17. The molecule has 0 radical (unpaired) electrons. The summed E-state index contributed by atoms with van der Waals surface area (Å²) in [7, 11) is 1.61. The predicted octanol–water partition coefficient (Wildman–Crippen LogP) is 4.81. The number of methoxy groups -OCH3 is 1. The Hall–Kier alpha value is -3.45. The number of carbonyl (C=O) groups is 1. The van der Waals surface area contributed by atoms with Crippen LogP contribution in [-0.4, -0.2) is 29.5 Å². The Morgan fingerprint density at radius 3 is 2.62 bits per heavy atom. The minimum absolute atomic E-state index is 0.0680. The zero-order valence-electron chi connectivity index (χ0n) is 15.9. The lowest BCUT2D eigenvalue weighted by atomic mass is 10.1. The van der Waals surface area contributed by atoms with E-state index in [9.17, 15) is 4.79 Å². The number of hydrogen-bond donors (Lipinski definition) is 2. The summed E-state index contributed by atoms with van der Waals surface area (Å²) in [6.07, 6.45) is 1.87. The van der Waals surface area contributed by atoms with Crippen LogP contribution in [0.1, 0.15) is 6.42 Å². The van der Waals surface area contributed by atoms with Crippen LogP contribution in [0.5, 0.6) is 5.75 Å². The molecule has 0 aliphatic rings. The molecule has 0 aliphatic carbocycles. The maximum absolute atomic E-state index is 12.2. The van der Waals surface area contributed by atoms with Gasteiger partial charge in [0, 0.05) is 29.6 Å². The summed E-state index contributed by atoms with van der Waals surface area (Å²) in [4.78, 5) is 21.9. The molecule has 2 heterocycles. The topological polar surface area (TPSA) is 76.1 Å². The number of hydrogen-bond acceptors (Lipinski definition) is 6. The van der Waals surface area contributed by atoms with Crippen molar-refractivity contribution in [1.29, 1.82) is 0 Å². The van der Waals surface area contributed by atoms with Crippen molar-refractivity contribution in [2.24, 2.45) is 0 Å². The van der Waals surface area contributed by atoms with Crippen molar-refractivity contribution in [1.82, 2.24) is 9.97 Å². The summed E-state index contributed by atoms with van der Waals surface area (Å²) in [6.45, 7) is 0.470. The Kier molecular flexibility index (Phi) is 5.67. The molecule has 0 spiro atoms. The fraction of sp³-hybridized carbons (Fsp3) is 0.136. The van der Waals surface area contributed by atoms with Gasteiger partial charge in [0.05, 0.1) is 12.5 Å². The van der Waals surface area contributed by atoms with E-state index < -0.39 is 0 Å². The van der Waals surface area contributed by atoms with E-state index >= 15 is 0 Å². The van der Waals surface area contributed by atoms with Gasteiger partial charge in [-0.2, -0.15) is 0 Å². The van der Waals surface area contributed by atoms with Crippen LogP contribution in [0.25, 0.3) is 21.3 Å². The number of amides is 1. The molecule has 29 heavy (non-hydrogen) atoms. The fourth-order valence-electron chi connectivity index (χ4n) is 3.03. The summed E-state index contributed by atoms with van der Waals surface area (Å²) in [5.74, 6) is 1.43. The molecule has 2 aromatic carbocycles. The number of carbonyl (C=O) groups excluding carboxylic acids is 1. The average Bonchev–Trinajstić information content (AvgIpc) is 3.20. The first-order valence-corrected chi connectivity index (χ1v) is 10.1. The average molecular weight is 404 g/mol. The van der Waals surface area contributed by atoms with E-state index in [-0.39, 0.29) is 5.91 Å². The standard InChI is InChI=1S/C22H20N4O2S/c1-28-17-9-7-16(8-10-17)26-19(27)11-12-23-21-20-18(15-5-3-2-4-6-15)13-29-22(20)25-14-24-21/h2-10,13-14H,11-12H2,1H3,(H,26,27)(H,23,24,25). The lowest BCUT2D eigenvalue weighted by Crippen LogP contribution is -2.16. The number of ether oxygens (including phenoxy) is 1. The highest BCUT2D eigenvalue weighted by Crippen LogP contribution is 2.36. The van der Waals surface area contributed by atoms with Gasteiger partial charge < -0.3 is 15.4 Å². The first kappa shape index (κ1) is 18.9. The molecule has 0 unspecified atom stereocenters. The van der Waals surface area contributed by atoms with Gasteiger partial charge in [0.25, 0.3) is 0 Å². The fourth-order valence-corrected chi connectivity index (χ4v) is 3.95. The van der Waals surface area contributed by atoms with Gasteiger partial charge >= 0.3 is 0 Å². The Morgan fingerprint density at radius 1 is 1.07 bits per heavy atom. The maximum Gasteiger partial charge on any atom is 0.226 e. The molecule has 0 atom stereocenters. The number of anilines is 2. The van der Waals surface area contributed by atoms with Crippen molar-refractivity contribution in [3.05, 3.63) is 66.3 Å². The number of fused-ring (bicyclic) bond motifs is 1. The van der Waals surface area contributed by atoms with E-state index in [2.05, 4.69) is 38.1 Å². The van der Waals surface area contributed by atoms with Gasteiger partial charge in [0.2, 0.25) is 5.91 Å². The lowest BCUT2D eigenvalue weighted by molar-refractivity contribution is -0.115. The van der Waals surface area contributed by atoms with E-state index in [1.54, 1.807) is 24.8 Å². The van der Waals surface area contributed by atoms with Gasteiger partial charge in [-0.25, -0.2) is 9.97 Å². The van der Waals surface area contributed by atoms with Crippen LogP contribution < -0.4 is 15.4 Å². The van der Waals surface area contributed by atoms with Crippen LogP contribution in [0.3, 0.4) is 0 Å². The molecule has 0 fully saturated rings. The molecule has 0 bridgehead atoms. The minimum atomic E-state index is -0.0680. The summed E-state index contributed by atoms with van der Waals surface area (Å²) >= 11 is 1.59. The van der Waals surface area contributed by atoms with Crippen molar-refractivity contribution in [2.45, 2.75) is 6.42 Å². The second-order valence-electron chi connectivity index (χ2n) is 6.37. The van der Waals surface area contributed by atoms with Crippen molar-refractivity contribution in [3.63, 3.8) is 0 Å². The predicted molar refractivity (Wildman–Crippen MR) is 118 cm³/mol. The van der Waals surface area contributed by atoms with E-state index in [1.165, 1.54) is 0 Å². The van der Waals surface area contributed by atoms with E-state index in [4.69, 9.17) is 4.74 Å². The molecular formula is C22H20N4O2S. The van der Waals surface area contributed by atoms with Gasteiger partial charge in [-0.3, -0.25) is 4.79 Å². The van der Waals surface area contributed by atoms with Gasteiger partial charge in [-0.05, 0) is 29.8 Å². The van der Waals surface area contributed by atoms with Gasteiger partial charge in [0.1, 0.15) is 22.7 Å². The number of benzene rings is 2. The van der Waals surface area contributed by atoms with Crippen LogP contribution in [0, 0.1) is 0 Å². The smallest absolute Gasteiger partial charge is 0.226 e. The van der Waals surface area contributed by atoms with Crippen LogP contribution >= 0.6 is 11.3 Å². The molecule has 4 rings (SSSR count). The largest absolute Gasteiger partial charge is 0.497 e. The first-order valence-electron chi connectivity index (χ1n) is 9.20. The molecule has 146 valence electrons. The molecule has 0 saturated heterocycles. The van der Waals surface area contributed by atoms with Crippen molar-refractivity contribution in [3.8, 4) is 16.9 Å². The maximum atomic E-state index is 12.2. The molecule has 0 aliphatic heterocycles. The highest BCUT2D eigenvalue weighted by atomic mass is 32.1. The van der Waals surface area contributed by atoms with Crippen LogP contribution in [0.15, 0.2) is 66.3 Å². The number of nitrogens with zero attached hydrogens (tertiary/aromatic N) is 2. The second kappa shape index (κ2) is 8.70. The van der Waals surface area contributed by atoms with E-state index in [0.717, 1.165) is 38.6 Å². The van der Waals surface area contributed by atoms with Crippen LogP contribution in [-0.2, 0) is 4.79 Å². The first-order chi connectivity index (χ1) is 14.2. The quantitative estimate of drug-likeness (QED) is 0.462. The SMILES string of the molecule is COc1ccc(NC(=O)CCNc2ncnc3scc(-c4ccccc4)c23)cc1. The lowest BCUT2D eigenvalue weighted by Gasteiger charge is -2.09. The van der Waals surface area contributed by atoms with Crippen LogP contribution in [0.4, 0.5) is 11.5 Å². The van der Waals surface area contributed by atoms with Crippen LogP contribution in [0.2, 0.25) is 0 Å². The monoisotopic (exact) mass is 404 g/mol. The Labute approximate surface area is 172 Å². The third kappa shape index (κ3) is 4.35. The van der Waals surface area contributed by atoms with Gasteiger partial charge in [0.15, 0.2) is 0 Å². The third-order valence-electron chi connectivity index (χ3n) is 4.47. The Bertz CT molecular complexity index is 1110. The molecule has 4 aromatic rings. The zero-order chi connectivity index (χ0) is 20.1. The minimum Gasteiger partial charge on any atom is -0.497 e. The summed E-state index contributed by atoms with van der Waals surface area (Å²) < 4.78 is 5.12. The second-order valence-corrected chi connectivity index (χ2v) is 7.23. The molecule has 1 amide bonds. The normalized spacial score (nSPS) is 10.7. The number of nitrogens with one attached hydrogen (secondary N) is 2. The molecule has 2 aromatic heterocycles. The summed E-state index contributed by atoms with van der Waals surface area (Å²) in [6, 6.07) is 17.4.